The van der Waals surface area contributed by atoms with Gasteiger partial charge in [0, 0.05) is 5.57 Å². The second-order valence-corrected chi connectivity index (χ2v) is 2.79. The first kappa shape index (κ1) is 9.44. The van der Waals surface area contributed by atoms with Gasteiger partial charge in [-0.1, -0.05) is 11.4 Å². The van der Waals surface area contributed by atoms with Gasteiger partial charge in [0.25, 0.3) is 0 Å². The molecule has 0 saturated heterocycles. The highest BCUT2D eigenvalue weighted by atomic mass is 16.7. The zero-order chi connectivity index (χ0) is 10.0. The van der Waals surface area contributed by atoms with Crippen LogP contribution >= 0.6 is 0 Å². The minimum absolute atomic E-state index is 0.326. The molecule has 0 aliphatic rings. The Morgan fingerprint density at radius 3 is 2.54 bits per heavy atom. The molecule has 5 heteroatoms. The third-order valence-electron chi connectivity index (χ3n) is 1.60. The Balaban J connectivity index is 2.81. The molecule has 0 unspecified atom stereocenters. The van der Waals surface area contributed by atoms with E-state index in [1.807, 2.05) is 0 Å². The van der Waals surface area contributed by atoms with Crippen molar-refractivity contribution in [1.29, 1.82) is 0 Å². The predicted molar refractivity (Wildman–Crippen MR) is 45.9 cm³/mol. The zero-order valence-corrected chi connectivity index (χ0v) is 7.87. The number of aryl methyl sites for hydroxylation is 1. The molecule has 13 heavy (non-hydrogen) atoms. The number of aromatic nitrogens is 3. The minimum Gasteiger partial charge on any atom is -0.313 e. The van der Waals surface area contributed by atoms with Crippen LogP contribution in [0.1, 0.15) is 18.3 Å². The van der Waals surface area contributed by atoms with Gasteiger partial charge >= 0.3 is 5.97 Å². The quantitative estimate of drug-likeness (QED) is 0.490. The van der Waals surface area contributed by atoms with Crippen LogP contribution in [0.5, 0.6) is 0 Å². The Morgan fingerprint density at radius 1 is 1.54 bits per heavy atom. The highest BCUT2D eigenvalue weighted by Crippen LogP contribution is 1.99. The lowest BCUT2D eigenvalue weighted by atomic mass is 10.4. The number of nitrogens with zero attached hydrogens (tertiary/aromatic N) is 3. The summed E-state index contributed by atoms with van der Waals surface area (Å²) < 4.78 is 0. The molecule has 1 aromatic heterocycles. The normalized spacial score (nSPS) is 9.77. The van der Waals surface area contributed by atoms with E-state index in [9.17, 15) is 4.79 Å². The molecule has 0 aliphatic carbocycles. The number of hydrogen-bond donors (Lipinski definition) is 0. The molecule has 1 aromatic rings. The van der Waals surface area contributed by atoms with Gasteiger partial charge in [0.1, 0.15) is 5.69 Å². The van der Waals surface area contributed by atoms with Crippen LogP contribution in [0.4, 0.5) is 0 Å². The van der Waals surface area contributed by atoms with E-state index >= 15 is 0 Å². The number of carbonyl (C=O) groups excluding carboxylic acids is 1. The Kier molecular flexibility index (Phi) is 2.46. The lowest BCUT2D eigenvalue weighted by Crippen LogP contribution is -2.22. The van der Waals surface area contributed by atoms with Crippen LogP contribution < -0.4 is 4.84 Å². The predicted octanol–water partition coefficient (Wildman–Crippen LogP) is 0.426. The summed E-state index contributed by atoms with van der Waals surface area (Å²) in [6.07, 6.45) is 0. The summed E-state index contributed by atoms with van der Waals surface area (Å²) in [7, 11) is 0. The third kappa shape index (κ3) is 1.93. The minimum atomic E-state index is -0.506. The van der Waals surface area contributed by atoms with E-state index in [0.29, 0.717) is 11.3 Å². The molecule has 0 radical (unpaired) electrons. The average Bonchev–Trinajstić information content (AvgIpc) is 2.36. The van der Waals surface area contributed by atoms with Crippen LogP contribution in [0.3, 0.4) is 0 Å². The molecule has 5 nitrogen and oxygen atoms in total. The molecule has 0 atom stereocenters. The van der Waals surface area contributed by atoms with Gasteiger partial charge in [-0.05, 0) is 26.0 Å². The van der Waals surface area contributed by atoms with Crippen molar-refractivity contribution < 1.29 is 9.63 Å². The van der Waals surface area contributed by atoms with Gasteiger partial charge in [-0.25, -0.2) is 4.79 Å². The molecule has 70 valence electrons. The van der Waals surface area contributed by atoms with Crippen molar-refractivity contribution in [3.8, 4) is 0 Å². The summed E-state index contributed by atoms with van der Waals surface area (Å²) in [5.74, 6) is -0.506. The van der Waals surface area contributed by atoms with E-state index in [2.05, 4.69) is 16.9 Å². The number of carbonyl (C=O) groups is 1. The molecule has 0 fully saturated rings. The van der Waals surface area contributed by atoms with Gasteiger partial charge in [0.15, 0.2) is 0 Å². The maximum atomic E-state index is 11.1. The zero-order valence-electron chi connectivity index (χ0n) is 7.87. The molecule has 0 spiro atoms. The molecule has 1 heterocycles. The van der Waals surface area contributed by atoms with E-state index in [1.54, 1.807) is 20.8 Å². The molecule has 1 rings (SSSR count). The molecular weight excluding hydrogens is 170 g/mol. The van der Waals surface area contributed by atoms with Crippen molar-refractivity contribution in [1.82, 2.24) is 15.2 Å². The Hall–Kier alpha value is -1.65. The van der Waals surface area contributed by atoms with E-state index in [-0.39, 0.29) is 0 Å². The van der Waals surface area contributed by atoms with Gasteiger partial charge in [-0.2, -0.15) is 0 Å². The average molecular weight is 181 g/mol. The van der Waals surface area contributed by atoms with Crippen molar-refractivity contribution >= 4 is 5.97 Å². The molecule has 0 N–H and O–H groups in total. The lowest BCUT2D eigenvalue weighted by molar-refractivity contribution is -0.141. The van der Waals surface area contributed by atoms with Crippen molar-refractivity contribution in [2.75, 3.05) is 0 Å². The van der Waals surface area contributed by atoms with Crippen molar-refractivity contribution in [3.05, 3.63) is 23.5 Å². The summed E-state index contributed by atoms with van der Waals surface area (Å²) in [6.45, 7) is 8.57. The van der Waals surface area contributed by atoms with Gasteiger partial charge in [-0.3, -0.25) is 0 Å². The maximum absolute atomic E-state index is 11.1. The molecule has 0 amide bonds. The van der Waals surface area contributed by atoms with E-state index in [0.717, 1.165) is 10.5 Å². The highest BCUT2D eigenvalue weighted by molar-refractivity contribution is 5.87. The Labute approximate surface area is 76.0 Å². The third-order valence-corrected chi connectivity index (χ3v) is 1.60. The molecule has 0 saturated carbocycles. The number of hydrogen-bond acceptors (Lipinski definition) is 4. The van der Waals surface area contributed by atoms with Crippen molar-refractivity contribution in [2.24, 2.45) is 0 Å². The van der Waals surface area contributed by atoms with Crippen LogP contribution in [0.2, 0.25) is 0 Å². The van der Waals surface area contributed by atoms with Crippen molar-refractivity contribution in [3.63, 3.8) is 0 Å². The fraction of sp³-hybridized carbons (Fsp3) is 0.375. The lowest BCUT2D eigenvalue weighted by Gasteiger charge is -2.02. The van der Waals surface area contributed by atoms with E-state index in [1.165, 1.54) is 0 Å². The molecule has 0 aliphatic heterocycles. The first-order valence-corrected chi connectivity index (χ1v) is 3.79. The molecule has 0 bridgehead atoms. The van der Waals surface area contributed by atoms with Crippen LogP contribution in [-0.4, -0.2) is 21.1 Å². The summed E-state index contributed by atoms with van der Waals surface area (Å²) in [5, 5.41) is 7.35. The smallest absolute Gasteiger partial charge is 0.313 e. The fourth-order valence-corrected chi connectivity index (χ4v) is 0.629. The monoisotopic (exact) mass is 181 g/mol. The Bertz CT molecular complexity index is 354. The second kappa shape index (κ2) is 3.38. The summed E-state index contributed by atoms with van der Waals surface area (Å²) >= 11 is 0. The van der Waals surface area contributed by atoms with Gasteiger partial charge in [0.05, 0.1) is 5.69 Å². The van der Waals surface area contributed by atoms with Crippen molar-refractivity contribution in [2.45, 2.75) is 20.8 Å². The topological polar surface area (TPSA) is 57.0 Å². The van der Waals surface area contributed by atoms with Crippen LogP contribution in [0.25, 0.3) is 0 Å². The summed E-state index contributed by atoms with van der Waals surface area (Å²) in [5.41, 5.74) is 1.76. The SMILES string of the molecule is C=C(C)C(=O)On1nnc(C)c1C. The summed E-state index contributed by atoms with van der Waals surface area (Å²) in [4.78, 5) is 17.0. The molecule has 0 aromatic carbocycles. The first-order valence-electron chi connectivity index (χ1n) is 3.79. The molecular formula is C8H11N3O2. The van der Waals surface area contributed by atoms with Gasteiger partial charge in [0.2, 0.25) is 0 Å². The van der Waals surface area contributed by atoms with Gasteiger partial charge in [-0.15, -0.1) is 5.10 Å². The van der Waals surface area contributed by atoms with E-state index in [4.69, 9.17) is 4.84 Å². The van der Waals surface area contributed by atoms with Crippen LogP contribution in [0.15, 0.2) is 12.2 Å². The second-order valence-electron chi connectivity index (χ2n) is 2.79. The maximum Gasteiger partial charge on any atom is 0.360 e. The van der Waals surface area contributed by atoms with Crippen LogP contribution in [0, 0.1) is 13.8 Å². The standard InChI is InChI=1S/C8H11N3O2/c1-5(2)8(12)13-11-7(4)6(3)9-10-11/h1H2,2-4H3. The number of rotatable bonds is 2. The van der Waals surface area contributed by atoms with Crippen LogP contribution in [-0.2, 0) is 4.79 Å². The first-order chi connectivity index (χ1) is 6.02. The highest BCUT2D eigenvalue weighted by Gasteiger charge is 2.10. The van der Waals surface area contributed by atoms with Gasteiger partial charge < -0.3 is 4.84 Å². The van der Waals surface area contributed by atoms with E-state index < -0.39 is 5.97 Å². The largest absolute Gasteiger partial charge is 0.360 e. The Morgan fingerprint density at radius 2 is 2.15 bits per heavy atom. The fourth-order valence-electron chi connectivity index (χ4n) is 0.629. The summed E-state index contributed by atoms with van der Waals surface area (Å²) in [6, 6.07) is 0.